The van der Waals surface area contributed by atoms with Crippen LogP contribution in [0.5, 0.6) is 0 Å². The van der Waals surface area contributed by atoms with E-state index >= 15 is 0 Å². The van der Waals surface area contributed by atoms with Crippen LogP contribution in [0.25, 0.3) is 0 Å². The largest absolute Gasteiger partial charge is 0.466 e. The fourth-order valence-electron chi connectivity index (χ4n) is 3.91. The summed E-state index contributed by atoms with van der Waals surface area (Å²) in [6.45, 7) is 6.69. The van der Waals surface area contributed by atoms with Gasteiger partial charge in [-0.2, -0.15) is 0 Å². The summed E-state index contributed by atoms with van der Waals surface area (Å²) in [7, 11) is 0. The van der Waals surface area contributed by atoms with Gasteiger partial charge in [0.15, 0.2) is 0 Å². The predicted molar refractivity (Wildman–Crippen MR) is 78.9 cm³/mol. The molecule has 0 heterocycles. The molecule has 0 saturated heterocycles. The van der Waals surface area contributed by atoms with E-state index in [1.54, 1.807) is 0 Å². The minimum atomic E-state index is -0.358. The SMILES string of the molecule is CCOC(=O)C12CCC(C(Br)Br)(C1Br)C2(C)C. The van der Waals surface area contributed by atoms with Gasteiger partial charge >= 0.3 is 5.97 Å². The highest BCUT2D eigenvalue weighted by Gasteiger charge is 2.84. The van der Waals surface area contributed by atoms with E-state index in [2.05, 4.69) is 61.6 Å². The number of ether oxygens (including phenoxy) is 1. The van der Waals surface area contributed by atoms with Crippen molar-refractivity contribution in [2.75, 3.05) is 6.61 Å². The topological polar surface area (TPSA) is 26.3 Å². The van der Waals surface area contributed by atoms with Gasteiger partial charge in [0.25, 0.3) is 0 Å². The average Bonchev–Trinajstić information content (AvgIpc) is 2.68. The molecule has 3 aliphatic carbocycles. The van der Waals surface area contributed by atoms with Crippen molar-refractivity contribution in [3.05, 3.63) is 0 Å². The molecule has 0 aliphatic heterocycles. The van der Waals surface area contributed by atoms with Gasteiger partial charge in [0.05, 0.1) is 15.8 Å². The van der Waals surface area contributed by atoms with Crippen molar-refractivity contribution < 1.29 is 9.53 Å². The molecule has 98 valence electrons. The number of hydrogen-bond acceptors (Lipinski definition) is 2. The van der Waals surface area contributed by atoms with Gasteiger partial charge in [-0.3, -0.25) is 4.79 Å². The average molecular weight is 433 g/mol. The van der Waals surface area contributed by atoms with E-state index < -0.39 is 0 Å². The molecular weight excluding hydrogens is 416 g/mol. The minimum Gasteiger partial charge on any atom is -0.466 e. The molecule has 17 heavy (non-hydrogen) atoms. The number of alkyl halides is 3. The first-order chi connectivity index (χ1) is 7.79. The van der Waals surface area contributed by atoms with Crippen molar-refractivity contribution in [3.63, 3.8) is 0 Å². The molecule has 3 rings (SSSR count). The summed E-state index contributed by atoms with van der Waals surface area (Å²) in [4.78, 5) is 12.5. The summed E-state index contributed by atoms with van der Waals surface area (Å²) in [5.74, 6) is -0.0411. The number of carbonyl (C=O) groups is 1. The highest BCUT2D eigenvalue weighted by Crippen LogP contribution is 2.82. The van der Waals surface area contributed by atoms with Gasteiger partial charge in [-0.15, -0.1) is 0 Å². The molecule has 0 amide bonds. The standard InChI is InChI=1S/C12H17Br3O2/c1-4-17-9(16)12-6-5-11(7(12)13,8(14)15)10(12,2)3/h7-8H,4-6H2,1-3H3. The summed E-state index contributed by atoms with van der Waals surface area (Å²) in [6, 6.07) is 0. The Kier molecular flexibility index (Phi) is 3.54. The summed E-state index contributed by atoms with van der Waals surface area (Å²) >= 11 is 11.1. The van der Waals surface area contributed by atoms with Gasteiger partial charge < -0.3 is 4.74 Å². The minimum absolute atomic E-state index is 0.0411. The second-order valence-electron chi connectivity index (χ2n) is 5.52. The Morgan fingerprint density at radius 1 is 1.41 bits per heavy atom. The van der Waals surface area contributed by atoms with Crippen LogP contribution in [-0.4, -0.2) is 21.1 Å². The monoisotopic (exact) mass is 430 g/mol. The highest BCUT2D eigenvalue weighted by molar-refractivity contribution is 9.24. The second-order valence-corrected chi connectivity index (χ2v) is 9.50. The van der Waals surface area contributed by atoms with Gasteiger partial charge in [0.2, 0.25) is 0 Å². The van der Waals surface area contributed by atoms with Crippen molar-refractivity contribution in [1.29, 1.82) is 0 Å². The molecule has 3 atom stereocenters. The predicted octanol–water partition coefficient (Wildman–Crippen LogP) is 4.24. The first-order valence-electron chi connectivity index (χ1n) is 5.88. The van der Waals surface area contributed by atoms with Crippen LogP contribution in [-0.2, 0) is 9.53 Å². The molecule has 3 fully saturated rings. The smallest absolute Gasteiger partial charge is 0.313 e. The second kappa shape index (κ2) is 4.20. The van der Waals surface area contributed by atoms with Crippen LogP contribution in [0.3, 0.4) is 0 Å². The van der Waals surface area contributed by atoms with Crippen LogP contribution in [0.1, 0.15) is 33.6 Å². The van der Waals surface area contributed by atoms with Crippen LogP contribution in [0.4, 0.5) is 0 Å². The van der Waals surface area contributed by atoms with E-state index in [4.69, 9.17) is 4.74 Å². The highest BCUT2D eigenvalue weighted by atomic mass is 79.9. The Morgan fingerprint density at radius 2 is 2.00 bits per heavy atom. The number of halogens is 3. The molecule has 3 unspecified atom stereocenters. The van der Waals surface area contributed by atoms with Crippen molar-refractivity contribution in [1.82, 2.24) is 0 Å². The number of esters is 1. The zero-order chi connectivity index (χ0) is 13.1. The molecule has 0 radical (unpaired) electrons. The molecule has 3 aliphatic rings. The molecule has 0 aromatic carbocycles. The molecule has 3 saturated carbocycles. The molecular formula is C12H17Br3O2. The lowest BCUT2D eigenvalue weighted by Gasteiger charge is -2.65. The number of carbonyl (C=O) groups excluding carboxylic acids is 1. The lowest BCUT2D eigenvalue weighted by molar-refractivity contribution is -0.185. The Hall–Kier alpha value is 0.910. The summed E-state index contributed by atoms with van der Waals surface area (Å²) in [5, 5.41) is 0. The van der Waals surface area contributed by atoms with Crippen molar-refractivity contribution in [2.45, 2.75) is 42.2 Å². The molecule has 2 nitrogen and oxygen atoms in total. The lowest BCUT2D eigenvalue weighted by atomic mass is 9.43. The number of rotatable bonds is 3. The van der Waals surface area contributed by atoms with Crippen LogP contribution < -0.4 is 0 Å². The van der Waals surface area contributed by atoms with Crippen LogP contribution >= 0.6 is 47.8 Å². The van der Waals surface area contributed by atoms with E-state index in [-0.39, 0.29) is 30.8 Å². The first-order valence-corrected chi connectivity index (χ1v) is 8.63. The number of hydrogen-bond donors (Lipinski definition) is 0. The fraction of sp³-hybridized carbons (Fsp3) is 0.917. The first kappa shape index (κ1) is 14.3. The molecule has 0 aromatic heterocycles. The molecule has 0 N–H and O–H groups in total. The lowest BCUT2D eigenvalue weighted by Crippen LogP contribution is -2.70. The summed E-state index contributed by atoms with van der Waals surface area (Å²) in [6.07, 6.45) is 1.94. The van der Waals surface area contributed by atoms with E-state index in [1.165, 1.54) is 0 Å². The van der Waals surface area contributed by atoms with E-state index in [0.29, 0.717) is 6.61 Å². The van der Waals surface area contributed by atoms with E-state index in [9.17, 15) is 4.79 Å². The quantitative estimate of drug-likeness (QED) is 0.492. The Balaban J connectivity index is 2.39. The van der Waals surface area contributed by atoms with Crippen molar-refractivity contribution in [3.8, 4) is 0 Å². The van der Waals surface area contributed by atoms with Crippen LogP contribution in [0.15, 0.2) is 0 Å². The fourth-order valence-corrected chi connectivity index (χ4v) is 8.80. The van der Waals surface area contributed by atoms with Gasteiger partial charge in [-0.25, -0.2) is 0 Å². The van der Waals surface area contributed by atoms with Crippen LogP contribution in [0, 0.1) is 16.2 Å². The zero-order valence-electron chi connectivity index (χ0n) is 10.2. The summed E-state index contributed by atoms with van der Waals surface area (Å²) < 4.78 is 5.51. The Morgan fingerprint density at radius 3 is 2.35 bits per heavy atom. The zero-order valence-corrected chi connectivity index (χ0v) is 15.0. The third-order valence-electron chi connectivity index (χ3n) is 5.13. The van der Waals surface area contributed by atoms with Gasteiger partial charge in [-0.05, 0) is 25.2 Å². The molecule has 5 heteroatoms. The Bertz CT molecular complexity index is 356. The number of fused-ring (bicyclic) bond motifs is 1. The van der Waals surface area contributed by atoms with Crippen molar-refractivity contribution in [2.24, 2.45) is 16.2 Å². The third-order valence-corrected chi connectivity index (χ3v) is 8.36. The van der Waals surface area contributed by atoms with E-state index in [0.717, 1.165) is 12.8 Å². The van der Waals surface area contributed by atoms with Gasteiger partial charge in [0, 0.05) is 10.2 Å². The summed E-state index contributed by atoms with van der Waals surface area (Å²) in [5.41, 5.74) is -0.333. The van der Waals surface area contributed by atoms with E-state index in [1.807, 2.05) is 6.92 Å². The maximum atomic E-state index is 12.3. The van der Waals surface area contributed by atoms with Crippen molar-refractivity contribution >= 4 is 53.8 Å². The van der Waals surface area contributed by atoms with Gasteiger partial charge in [0.1, 0.15) is 0 Å². The maximum Gasteiger partial charge on any atom is 0.313 e. The van der Waals surface area contributed by atoms with Gasteiger partial charge in [-0.1, -0.05) is 61.6 Å². The normalized spacial score (nSPS) is 42.4. The molecule has 0 spiro atoms. The molecule has 2 bridgehead atoms. The Labute approximate surface area is 128 Å². The maximum absolute atomic E-state index is 12.3. The third kappa shape index (κ3) is 1.34. The molecule has 0 aromatic rings. The van der Waals surface area contributed by atoms with Crippen LogP contribution in [0.2, 0.25) is 0 Å².